The van der Waals surface area contributed by atoms with Crippen LogP contribution in [0.5, 0.6) is 0 Å². The third kappa shape index (κ3) is 11.2. The van der Waals surface area contributed by atoms with Crippen LogP contribution in [0.2, 0.25) is 0 Å². The number of sulfonamides is 1. The molecule has 0 spiro atoms. The second kappa shape index (κ2) is 19.0. The summed E-state index contributed by atoms with van der Waals surface area (Å²) in [5, 5.41) is 21.7. The van der Waals surface area contributed by atoms with Gasteiger partial charge in [0.25, 0.3) is 11.7 Å². The zero-order valence-electron chi connectivity index (χ0n) is 30.4. The Morgan fingerprint density at radius 3 is 2.05 bits per heavy atom. The molecule has 0 atom stereocenters. The molecule has 4 aromatic rings. The van der Waals surface area contributed by atoms with E-state index in [0.29, 0.717) is 65.9 Å². The minimum Gasteiger partial charge on any atom is -0.507 e. The third-order valence-electron chi connectivity index (χ3n) is 8.64. The number of hydrogen-bond donors (Lipinski definition) is 3. The predicted octanol–water partition coefficient (Wildman–Crippen LogP) is 5.06. The van der Waals surface area contributed by atoms with Gasteiger partial charge in [0.2, 0.25) is 10.0 Å². The maximum atomic E-state index is 13.7. The normalized spacial score (nSPS) is 13.3. The van der Waals surface area contributed by atoms with Gasteiger partial charge >= 0.3 is 5.97 Å². The van der Waals surface area contributed by atoms with Gasteiger partial charge in [0.05, 0.1) is 76.9 Å². The quantitative estimate of drug-likeness (QED) is 0.0416. The van der Waals surface area contributed by atoms with Gasteiger partial charge in [0, 0.05) is 35.7 Å². The fraction of sp³-hybridized carbons (Fsp3) is 0.359. The first kappa shape index (κ1) is 41.0. The van der Waals surface area contributed by atoms with Crippen molar-refractivity contribution < 1.29 is 60.8 Å². The number of ether oxygens (including phenoxy) is 4. The number of halogens is 1. The highest BCUT2D eigenvalue weighted by molar-refractivity contribution is 7.92. The maximum Gasteiger partial charge on any atom is 0.376 e. The van der Waals surface area contributed by atoms with Crippen molar-refractivity contribution in [3.05, 3.63) is 94.8 Å². The molecule has 1 saturated carbocycles. The summed E-state index contributed by atoms with van der Waals surface area (Å²) in [5.41, 5.74) is 3.48. The monoisotopic (exact) mass is 782 g/mol. The molecule has 1 aliphatic rings. The first-order valence-corrected chi connectivity index (χ1v) is 19.4. The zero-order chi connectivity index (χ0) is 39.5. The molecule has 1 heterocycles. The number of nitrogens with zero attached hydrogens (tertiary/aromatic N) is 1. The van der Waals surface area contributed by atoms with Crippen LogP contribution in [0, 0.1) is 5.82 Å². The molecule has 1 fully saturated rings. The van der Waals surface area contributed by atoms with Gasteiger partial charge in [-0.15, -0.1) is 0 Å². The van der Waals surface area contributed by atoms with Gasteiger partial charge in [-0.1, -0.05) is 24.3 Å². The van der Waals surface area contributed by atoms with E-state index in [4.69, 9.17) is 28.5 Å². The van der Waals surface area contributed by atoms with Gasteiger partial charge in [-0.25, -0.2) is 17.6 Å². The summed E-state index contributed by atoms with van der Waals surface area (Å²) in [5.74, 6) is -3.74. The van der Waals surface area contributed by atoms with Gasteiger partial charge in [0.1, 0.15) is 22.9 Å². The maximum absolute atomic E-state index is 13.7. The van der Waals surface area contributed by atoms with Crippen LogP contribution in [0.1, 0.15) is 45.8 Å². The summed E-state index contributed by atoms with van der Waals surface area (Å²) in [6.07, 6.45) is 3.53. The van der Waals surface area contributed by atoms with Gasteiger partial charge in [-0.2, -0.15) is 0 Å². The SMILES string of the molecule is CNC(=O)c1c(-c2ccc(F)cc2)oc2cc(N(CCOCCOCCOCCOCc3ccc(/C(O)=C/C(=O)C(=O)O)cc3)S(C)(=O)=O)c(C3CC3)cc12. The number of hydrogen-bond acceptors (Lipinski definition) is 11. The number of fused-ring (bicyclic) bond motifs is 1. The van der Waals surface area contributed by atoms with Crippen molar-refractivity contribution in [3.63, 3.8) is 0 Å². The number of carboxylic acid groups (broad SMARTS) is 1. The van der Waals surface area contributed by atoms with Gasteiger partial charge < -0.3 is 38.9 Å². The van der Waals surface area contributed by atoms with E-state index in [1.54, 1.807) is 30.3 Å². The second-order valence-electron chi connectivity index (χ2n) is 12.7. The van der Waals surface area contributed by atoms with E-state index in [-0.39, 0.29) is 50.6 Å². The molecule has 1 amide bonds. The Hall–Kier alpha value is -5.13. The number of aliphatic hydroxyl groups excluding tert-OH is 1. The van der Waals surface area contributed by atoms with Crippen molar-refractivity contribution in [2.24, 2.45) is 0 Å². The van der Waals surface area contributed by atoms with E-state index in [2.05, 4.69) is 5.32 Å². The molecular weight excluding hydrogens is 739 g/mol. The fourth-order valence-corrected chi connectivity index (χ4v) is 6.67. The molecule has 1 aromatic heterocycles. The number of benzene rings is 3. The Kier molecular flexibility index (Phi) is 14.1. The highest BCUT2D eigenvalue weighted by Gasteiger charge is 2.33. The Labute approximate surface area is 317 Å². The van der Waals surface area contributed by atoms with Crippen LogP contribution in [-0.2, 0) is 45.2 Å². The van der Waals surface area contributed by atoms with E-state index in [0.717, 1.165) is 30.2 Å². The van der Waals surface area contributed by atoms with Crippen LogP contribution in [-0.4, -0.2) is 102 Å². The van der Waals surface area contributed by atoms with Crippen molar-refractivity contribution in [1.82, 2.24) is 5.32 Å². The van der Waals surface area contributed by atoms with Crippen LogP contribution in [0.3, 0.4) is 0 Å². The Balaban J connectivity index is 1.05. The molecule has 0 unspecified atom stereocenters. The second-order valence-corrected chi connectivity index (χ2v) is 14.6. The first-order chi connectivity index (χ1) is 26.4. The smallest absolute Gasteiger partial charge is 0.376 e. The molecule has 3 N–H and O–H groups in total. The number of anilines is 1. The molecule has 294 valence electrons. The van der Waals surface area contributed by atoms with E-state index in [9.17, 15) is 32.3 Å². The molecule has 0 radical (unpaired) electrons. The van der Waals surface area contributed by atoms with Crippen LogP contribution < -0.4 is 9.62 Å². The first-order valence-electron chi connectivity index (χ1n) is 17.5. The van der Waals surface area contributed by atoms with Crippen molar-refractivity contribution in [2.45, 2.75) is 25.4 Å². The number of carbonyl (C=O) groups is 3. The number of aliphatic hydroxyl groups is 1. The van der Waals surface area contributed by atoms with E-state index < -0.39 is 33.4 Å². The van der Waals surface area contributed by atoms with Crippen LogP contribution >= 0.6 is 0 Å². The molecule has 1 aliphatic carbocycles. The van der Waals surface area contributed by atoms with Crippen molar-refractivity contribution >= 4 is 50.1 Å². The van der Waals surface area contributed by atoms with Gasteiger partial charge in [0.15, 0.2) is 0 Å². The molecule has 0 bridgehead atoms. The number of ketones is 1. The highest BCUT2D eigenvalue weighted by atomic mass is 32.2. The van der Waals surface area contributed by atoms with E-state index in [1.165, 1.54) is 35.6 Å². The van der Waals surface area contributed by atoms with E-state index >= 15 is 0 Å². The Morgan fingerprint density at radius 2 is 1.49 bits per heavy atom. The summed E-state index contributed by atoms with van der Waals surface area (Å²) in [7, 11) is -2.23. The lowest BCUT2D eigenvalue weighted by molar-refractivity contribution is -0.146. The number of nitrogens with one attached hydrogen (secondary N) is 1. The number of amides is 1. The van der Waals surface area contributed by atoms with Crippen molar-refractivity contribution in [2.75, 3.05) is 70.4 Å². The molecular formula is C39H43FN2O12S. The lowest BCUT2D eigenvalue weighted by Crippen LogP contribution is -2.34. The number of furan rings is 1. The molecule has 0 aliphatic heterocycles. The van der Waals surface area contributed by atoms with Crippen LogP contribution in [0.15, 0.2) is 71.2 Å². The lowest BCUT2D eigenvalue weighted by atomic mass is 10.0. The summed E-state index contributed by atoms with van der Waals surface area (Å²) in [6.45, 7) is 2.20. The number of rotatable bonds is 22. The van der Waals surface area contributed by atoms with E-state index in [1.807, 2.05) is 6.07 Å². The van der Waals surface area contributed by atoms with Crippen LogP contribution in [0.4, 0.5) is 10.1 Å². The third-order valence-corrected chi connectivity index (χ3v) is 9.82. The lowest BCUT2D eigenvalue weighted by Gasteiger charge is -2.25. The summed E-state index contributed by atoms with van der Waals surface area (Å²) in [6, 6.07) is 15.5. The average Bonchev–Trinajstić information content (AvgIpc) is 3.94. The topological polar surface area (TPSA) is 191 Å². The zero-order valence-corrected chi connectivity index (χ0v) is 31.2. The molecule has 16 heteroatoms. The van der Waals surface area contributed by atoms with Gasteiger partial charge in [-0.05, 0) is 60.2 Å². The standard InChI is InChI=1S/C39H43FN2O12S/c1-41-38(45)36-31-21-30(26-7-8-26)32(22-35(31)54-37(36)28-9-11-29(40)12-10-28)42(55(2,48)49)13-14-50-15-16-51-17-18-52-19-20-53-24-25-3-5-27(6-4-25)33(43)23-34(44)39(46)47/h3-6,9-12,21-23,26,43H,7-8,13-20,24H2,1-2H3,(H,41,45)(H,46,47)/b33-23-. The number of carbonyl (C=O) groups excluding carboxylic acids is 2. The molecule has 55 heavy (non-hydrogen) atoms. The Morgan fingerprint density at radius 1 is 0.891 bits per heavy atom. The Bertz CT molecular complexity index is 2110. The summed E-state index contributed by atoms with van der Waals surface area (Å²) >= 11 is 0. The summed E-state index contributed by atoms with van der Waals surface area (Å²) < 4.78 is 69.7. The predicted molar refractivity (Wildman–Crippen MR) is 201 cm³/mol. The molecule has 5 rings (SSSR count). The highest BCUT2D eigenvalue weighted by Crippen LogP contribution is 2.48. The van der Waals surface area contributed by atoms with Gasteiger partial charge in [-0.3, -0.25) is 13.9 Å². The van der Waals surface area contributed by atoms with Crippen LogP contribution in [0.25, 0.3) is 28.1 Å². The molecule has 3 aromatic carbocycles. The molecule has 0 saturated heterocycles. The van der Waals surface area contributed by atoms with Crippen molar-refractivity contribution in [3.8, 4) is 11.3 Å². The largest absolute Gasteiger partial charge is 0.507 e. The molecule has 14 nitrogen and oxygen atoms in total. The summed E-state index contributed by atoms with van der Waals surface area (Å²) in [4.78, 5) is 34.9. The van der Waals surface area contributed by atoms with Crippen molar-refractivity contribution in [1.29, 1.82) is 0 Å². The minimum atomic E-state index is -3.74. The minimum absolute atomic E-state index is 0.0401. The average molecular weight is 783 g/mol. The fourth-order valence-electron chi connectivity index (χ4n) is 5.74. The number of carboxylic acids is 1. The number of aliphatic carboxylic acids is 1.